The Labute approximate surface area is 120 Å². The molecule has 104 valence electrons. The summed E-state index contributed by atoms with van der Waals surface area (Å²) in [5.41, 5.74) is 4.26. The molecular weight excluding hydrogens is 246 g/mol. The van der Waals surface area contributed by atoms with Gasteiger partial charge in [0.2, 0.25) is 0 Å². The van der Waals surface area contributed by atoms with Gasteiger partial charge in [0.15, 0.2) is 0 Å². The van der Waals surface area contributed by atoms with Crippen molar-refractivity contribution in [2.75, 3.05) is 13.2 Å². The van der Waals surface area contributed by atoms with Crippen molar-refractivity contribution in [3.63, 3.8) is 0 Å². The van der Waals surface area contributed by atoms with Crippen molar-refractivity contribution in [3.05, 3.63) is 71.3 Å². The number of benzene rings is 2. The Balaban J connectivity index is 1.42. The smallest absolute Gasteiger partial charge is 0.0688 e. The normalized spacial score (nSPS) is 15.0. The Morgan fingerprint density at radius 1 is 0.900 bits per heavy atom. The molecule has 0 aromatic heterocycles. The minimum absolute atomic E-state index is 0.803. The highest BCUT2D eigenvalue weighted by molar-refractivity contribution is 5.28. The predicted octanol–water partition coefficient (Wildman–Crippen LogP) is 3.61. The van der Waals surface area contributed by atoms with Crippen molar-refractivity contribution in [2.24, 2.45) is 0 Å². The summed E-state index contributed by atoms with van der Waals surface area (Å²) >= 11 is 0. The van der Waals surface area contributed by atoms with E-state index in [9.17, 15) is 0 Å². The van der Waals surface area contributed by atoms with Crippen LogP contribution in [0.1, 0.15) is 23.1 Å². The van der Waals surface area contributed by atoms with E-state index in [4.69, 9.17) is 4.84 Å². The lowest BCUT2D eigenvalue weighted by Gasteiger charge is -2.27. The number of aryl methyl sites for hydroxylation is 1. The standard InChI is InChI=1S/C18H21NO/c1-2-7-16(8-3-1)9-6-14-20-19-13-12-17-10-4-5-11-18(17)15-19/h1-5,7-8,10-11H,6,9,12-15H2. The number of fused-ring (bicyclic) bond motifs is 1. The number of hydrogen-bond donors (Lipinski definition) is 0. The van der Waals surface area contributed by atoms with E-state index in [1.54, 1.807) is 0 Å². The summed E-state index contributed by atoms with van der Waals surface area (Å²) < 4.78 is 0. The average Bonchev–Trinajstić information content (AvgIpc) is 2.52. The van der Waals surface area contributed by atoms with Crippen molar-refractivity contribution in [1.29, 1.82) is 0 Å². The van der Waals surface area contributed by atoms with Gasteiger partial charge in [-0.25, -0.2) is 0 Å². The van der Waals surface area contributed by atoms with Crippen LogP contribution in [0.15, 0.2) is 54.6 Å². The monoisotopic (exact) mass is 267 g/mol. The van der Waals surface area contributed by atoms with Crippen LogP contribution >= 0.6 is 0 Å². The molecule has 2 aromatic carbocycles. The third kappa shape index (κ3) is 3.47. The van der Waals surface area contributed by atoms with E-state index in [0.29, 0.717) is 0 Å². The topological polar surface area (TPSA) is 12.5 Å². The van der Waals surface area contributed by atoms with Crippen molar-refractivity contribution in [2.45, 2.75) is 25.8 Å². The Bertz CT molecular complexity index is 538. The van der Waals surface area contributed by atoms with Crippen LogP contribution in [-0.4, -0.2) is 18.2 Å². The van der Waals surface area contributed by atoms with E-state index in [0.717, 1.165) is 39.0 Å². The molecule has 1 aliphatic rings. The molecule has 1 heterocycles. The van der Waals surface area contributed by atoms with Crippen molar-refractivity contribution in [3.8, 4) is 0 Å². The van der Waals surface area contributed by atoms with Crippen molar-refractivity contribution >= 4 is 0 Å². The number of rotatable bonds is 5. The van der Waals surface area contributed by atoms with Gasteiger partial charge < -0.3 is 0 Å². The number of hydrogen-bond acceptors (Lipinski definition) is 2. The quantitative estimate of drug-likeness (QED) is 0.767. The van der Waals surface area contributed by atoms with E-state index in [-0.39, 0.29) is 0 Å². The lowest BCUT2D eigenvalue weighted by molar-refractivity contribution is -0.170. The van der Waals surface area contributed by atoms with Crippen LogP contribution in [0.25, 0.3) is 0 Å². The van der Waals surface area contributed by atoms with E-state index < -0.39 is 0 Å². The fraction of sp³-hybridized carbons (Fsp3) is 0.333. The van der Waals surface area contributed by atoms with E-state index in [2.05, 4.69) is 59.7 Å². The SMILES string of the molecule is c1ccc(CCCON2CCc3ccccc3C2)cc1. The Morgan fingerprint density at radius 2 is 1.65 bits per heavy atom. The van der Waals surface area contributed by atoms with E-state index in [1.165, 1.54) is 16.7 Å². The molecule has 0 saturated carbocycles. The van der Waals surface area contributed by atoms with Crippen molar-refractivity contribution < 1.29 is 4.84 Å². The Kier molecular flexibility index (Phi) is 4.46. The summed E-state index contributed by atoms with van der Waals surface area (Å²) in [4.78, 5) is 5.89. The van der Waals surface area contributed by atoms with E-state index in [1.807, 2.05) is 0 Å². The largest absolute Gasteiger partial charge is 0.299 e. The van der Waals surface area contributed by atoms with Gasteiger partial charge in [0, 0.05) is 13.1 Å². The first-order chi connectivity index (χ1) is 9.92. The molecule has 0 bridgehead atoms. The summed E-state index contributed by atoms with van der Waals surface area (Å²) in [6, 6.07) is 19.3. The van der Waals surface area contributed by atoms with Gasteiger partial charge in [0.1, 0.15) is 0 Å². The van der Waals surface area contributed by atoms with Crippen LogP contribution in [0.2, 0.25) is 0 Å². The second kappa shape index (κ2) is 6.69. The highest BCUT2D eigenvalue weighted by Crippen LogP contribution is 2.18. The molecule has 0 radical (unpaired) electrons. The van der Waals surface area contributed by atoms with Gasteiger partial charge in [0.25, 0.3) is 0 Å². The lowest BCUT2D eigenvalue weighted by atomic mass is 10.0. The average molecular weight is 267 g/mol. The molecule has 20 heavy (non-hydrogen) atoms. The molecule has 0 atom stereocenters. The summed E-state index contributed by atoms with van der Waals surface area (Å²) in [6.45, 7) is 2.72. The maximum Gasteiger partial charge on any atom is 0.0688 e. The molecule has 0 amide bonds. The van der Waals surface area contributed by atoms with Crippen molar-refractivity contribution in [1.82, 2.24) is 5.06 Å². The molecular formula is C18H21NO. The predicted molar refractivity (Wildman–Crippen MR) is 81.3 cm³/mol. The summed E-state index contributed by atoms with van der Waals surface area (Å²) in [5.74, 6) is 0. The van der Waals surface area contributed by atoms with Gasteiger partial charge in [-0.15, -0.1) is 0 Å². The maximum absolute atomic E-state index is 5.89. The molecule has 2 aromatic rings. The van der Waals surface area contributed by atoms with Crippen LogP contribution < -0.4 is 0 Å². The second-order valence-corrected chi connectivity index (χ2v) is 5.30. The first-order valence-electron chi connectivity index (χ1n) is 7.40. The van der Waals surface area contributed by atoms with Crippen LogP contribution in [0.5, 0.6) is 0 Å². The van der Waals surface area contributed by atoms with Gasteiger partial charge in [-0.1, -0.05) is 54.6 Å². The maximum atomic E-state index is 5.89. The minimum atomic E-state index is 0.803. The lowest BCUT2D eigenvalue weighted by Crippen LogP contribution is -2.31. The molecule has 2 heteroatoms. The number of hydroxylamine groups is 2. The Morgan fingerprint density at radius 3 is 2.50 bits per heavy atom. The summed E-state index contributed by atoms with van der Waals surface area (Å²) in [5, 5.41) is 2.10. The molecule has 3 rings (SSSR count). The molecule has 0 aliphatic carbocycles. The molecule has 1 aliphatic heterocycles. The van der Waals surface area contributed by atoms with Crippen LogP contribution in [-0.2, 0) is 24.2 Å². The highest BCUT2D eigenvalue weighted by atomic mass is 16.7. The summed E-state index contributed by atoms with van der Waals surface area (Å²) in [6.07, 6.45) is 3.25. The zero-order valence-electron chi connectivity index (χ0n) is 11.8. The molecule has 0 fully saturated rings. The first-order valence-corrected chi connectivity index (χ1v) is 7.40. The Hall–Kier alpha value is -1.64. The number of nitrogens with zero attached hydrogens (tertiary/aromatic N) is 1. The molecule has 0 N–H and O–H groups in total. The molecule has 2 nitrogen and oxygen atoms in total. The van der Waals surface area contributed by atoms with Crippen LogP contribution in [0, 0.1) is 0 Å². The zero-order chi connectivity index (χ0) is 13.6. The van der Waals surface area contributed by atoms with Gasteiger partial charge in [-0.05, 0) is 36.0 Å². The fourth-order valence-electron chi connectivity index (χ4n) is 2.69. The highest BCUT2D eigenvalue weighted by Gasteiger charge is 2.15. The van der Waals surface area contributed by atoms with Gasteiger partial charge in [-0.3, -0.25) is 4.84 Å². The minimum Gasteiger partial charge on any atom is -0.299 e. The van der Waals surface area contributed by atoms with Crippen LogP contribution in [0.4, 0.5) is 0 Å². The van der Waals surface area contributed by atoms with Gasteiger partial charge in [0.05, 0.1) is 6.61 Å². The van der Waals surface area contributed by atoms with Crippen LogP contribution in [0.3, 0.4) is 0 Å². The summed E-state index contributed by atoms with van der Waals surface area (Å²) in [7, 11) is 0. The molecule has 0 unspecified atom stereocenters. The first kappa shape index (κ1) is 13.3. The van der Waals surface area contributed by atoms with Gasteiger partial charge in [-0.2, -0.15) is 5.06 Å². The molecule has 0 saturated heterocycles. The third-order valence-corrected chi connectivity index (χ3v) is 3.82. The van der Waals surface area contributed by atoms with E-state index >= 15 is 0 Å². The third-order valence-electron chi connectivity index (χ3n) is 3.82. The molecule has 0 spiro atoms. The second-order valence-electron chi connectivity index (χ2n) is 5.30. The zero-order valence-corrected chi connectivity index (χ0v) is 11.8. The van der Waals surface area contributed by atoms with Gasteiger partial charge >= 0.3 is 0 Å². The fourth-order valence-corrected chi connectivity index (χ4v) is 2.69.